The van der Waals surface area contributed by atoms with Gasteiger partial charge in [-0.3, -0.25) is 4.79 Å². The van der Waals surface area contributed by atoms with Crippen LogP contribution in [-0.4, -0.2) is 21.2 Å². The van der Waals surface area contributed by atoms with Crippen LogP contribution >= 0.6 is 11.6 Å². The Morgan fingerprint density at radius 2 is 1.89 bits per heavy atom. The quantitative estimate of drug-likeness (QED) is 0.577. The van der Waals surface area contributed by atoms with Crippen molar-refractivity contribution in [2.45, 2.75) is 37.2 Å². The van der Waals surface area contributed by atoms with Crippen LogP contribution in [0.3, 0.4) is 0 Å². The molecule has 2 atom stereocenters. The molecule has 18 heavy (non-hydrogen) atoms. The molecule has 0 aromatic heterocycles. The minimum Gasteiger partial charge on any atom is -0.325 e. The molecule has 1 fully saturated rings. The molecule has 2 rings (SSSR count). The number of benzene rings is 1. The van der Waals surface area contributed by atoms with Gasteiger partial charge in [-0.25, -0.2) is 0 Å². The third-order valence-electron chi connectivity index (χ3n) is 3.17. The Morgan fingerprint density at radius 1 is 1.33 bits per heavy atom. The topological polar surface area (TPSA) is 44.1 Å². The van der Waals surface area contributed by atoms with Crippen LogP contribution in [0.25, 0.3) is 0 Å². The highest BCUT2D eigenvalue weighted by atomic mass is 35.5. The predicted molar refractivity (Wildman–Crippen MR) is 70.0 cm³/mol. The zero-order valence-corrected chi connectivity index (χ0v) is 11.4. The maximum atomic E-state index is 12.1. The van der Waals surface area contributed by atoms with E-state index in [1.165, 1.54) is 0 Å². The molecule has 0 aliphatic carbocycles. The average molecular weight is 263 g/mol. The molecule has 0 radical (unpaired) electrons. The van der Waals surface area contributed by atoms with Gasteiger partial charge in [0.25, 0.3) is 5.91 Å². The van der Waals surface area contributed by atoms with Gasteiger partial charge in [-0.2, -0.15) is 5.26 Å². The van der Waals surface area contributed by atoms with Crippen LogP contribution in [-0.2, 0) is 4.79 Å². The van der Waals surface area contributed by atoms with Crippen molar-refractivity contribution in [3.05, 3.63) is 35.9 Å². The average Bonchev–Trinajstić information content (AvgIpc) is 2.33. The Balaban J connectivity index is 2.48. The maximum Gasteiger partial charge on any atom is 0.261 e. The van der Waals surface area contributed by atoms with Crippen LogP contribution in [0.5, 0.6) is 0 Å². The number of halogens is 1. The van der Waals surface area contributed by atoms with E-state index in [0.29, 0.717) is 0 Å². The number of β-lactam (4-membered cyclic amide) rings is 1. The third-order valence-corrected chi connectivity index (χ3v) is 3.62. The van der Waals surface area contributed by atoms with Gasteiger partial charge >= 0.3 is 0 Å². The molecule has 0 bridgehead atoms. The van der Waals surface area contributed by atoms with Crippen molar-refractivity contribution >= 4 is 17.5 Å². The van der Waals surface area contributed by atoms with Crippen molar-refractivity contribution in [2.75, 3.05) is 0 Å². The highest BCUT2D eigenvalue weighted by molar-refractivity contribution is 6.40. The zero-order valence-electron chi connectivity index (χ0n) is 10.6. The number of likely N-dealkylation sites (tertiary alicyclic amines) is 1. The number of hydrogen-bond acceptors (Lipinski definition) is 2. The van der Waals surface area contributed by atoms with Crippen LogP contribution in [0.1, 0.15) is 32.4 Å². The van der Waals surface area contributed by atoms with E-state index in [1.807, 2.05) is 57.2 Å². The van der Waals surface area contributed by atoms with Gasteiger partial charge in [0.05, 0.1) is 12.1 Å². The van der Waals surface area contributed by atoms with Gasteiger partial charge in [0.1, 0.15) is 0 Å². The normalized spacial score (nSPS) is 27.6. The van der Waals surface area contributed by atoms with Gasteiger partial charge < -0.3 is 4.90 Å². The van der Waals surface area contributed by atoms with E-state index in [9.17, 15) is 10.1 Å². The minimum atomic E-state index is -1.46. The summed E-state index contributed by atoms with van der Waals surface area (Å²) in [5.41, 5.74) is 0.538. The van der Waals surface area contributed by atoms with Gasteiger partial charge in [-0.05, 0) is 26.3 Å². The van der Waals surface area contributed by atoms with E-state index in [1.54, 1.807) is 4.90 Å². The second-order valence-electron chi connectivity index (χ2n) is 5.48. The summed E-state index contributed by atoms with van der Waals surface area (Å²) in [6, 6.07) is 11.0. The molecule has 1 aliphatic rings. The van der Waals surface area contributed by atoms with E-state index in [4.69, 9.17) is 11.6 Å². The van der Waals surface area contributed by atoms with Crippen molar-refractivity contribution in [1.29, 1.82) is 5.26 Å². The number of hydrogen-bond donors (Lipinski definition) is 0. The maximum absolute atomic E-state index is 12.1. The molecule has 1 aromatic rings. The lowest BCUT2D eigenvalue weighted by atomic mass is 9.78. The molecule has 0 saturated carbocycles. The number of rotatable bonds is 1. The number of amides is 1. The smallest absolute Gasteiger partial charge is 0.261 e. The third kappa shape index (κ3) is 1.69. The summed E-state index contributed by atoms with van der Waals surface area (Å²) < 4.78 is 0. The van der Waals surface area contributed by atoms with Crippen LogP contribution in [0.2, 0.25) is 0 Å². The highest BCUT2D eigenvalue weighted by Gasteiger charge is 2.64. The van der Waals surface area contributed by atoms with Gasteiger partial charge in [0.2, 0.25) is 4.87 Å². The molecular weight excluding hydrogens is 248 g/mol. The van der Waals surface area contributed by atoms with Crippen molar-refractivity contribution in [2.24, 2.45) is 0 Å². The molecule has 1 aliphatic heterocycles. The van der Waals surface area contributed by atoms with Crippen LogP contribution in [0.4, 0.5) is 0 Å². The largest absolute Gasteiger partial charge is 0.325 e. The van der Waals surface area contributed by atoms with E-state index in [2.05, 4.69) is 0 Å². The first-order valence-corrected chi connectivity index (χ1v) is 6.19. The fraction of sp³-hybridized carbons (Fsp3) is 0.429. The summed E-state index contributed by atoms with van der Waals surface area (Å²) in [7, 11) is 0. The number of alkyl halides is 1. The Bertz CT molecular complexity index is 515. The molecule has 4 heteroatoms. The van der Waals surface area contributed by atoms with Gasteiger partial charge in [0.15, 0.2) is 0 Å². The fourth-order valence-corrected chi connectivity index (χ4v) is 2.65. The molecule has 1 saturated heterocycles. The second kappa shape index (κ2) is 4.00. The summed E-state index contributed by atoms with van der Waals surface area (Å²) in [4.78, 5) is 12.3. The van der Waals surface area contributed by atoms with Crippen molar-refractivity contribution in [1.82, 2.24) is 4.90 Å². The van der Waals surface area contributed by atoms with Crippen LogP contribution in [0.15, 0.2) is 30.3 Å². The van der Waals surface area contributed by atoms with Crippen LogP contribution < -0.4 is 0 Å². The Morgan fingerprint density at radius 3 is 2.33 bits per heavy atom. The molecule has 94 valence electrons. The summed E-state index contributed by atoms with van der Waals surface area (Å²) in [6.45, 7) is 5.82. The van der Waals surface area contributed by atoms with E-state index < -0.39 is 10.9 Å². The standard InChI is InChI=1S/C14H15ClN2O/c1-13(2,3)17-11(10-7-5-4-6-8-10)14(15,9-16)12(17)18/h4-8,11H,1-3H3/t11-,14+/m1/s1. The van der Waals surface area contributed by atoms with Crippen molar-refractivity contribution in [3.63, 3.8) is 0 Å². The molecule has 0 N–H and O–H groups in total. The van der Waals surface area contributed by atoms with Crippen LogP contribution in [0, 0.1) is 11.3 Å². The van der Waals surface area contributed by atoms with E-state index in [0.717, 1.165) is 5.56 Å². The number of nitriles is 1. The first kappa shape index (κ1) is 12.9. The molecule has 0 spiro atoms. The zero-order chi connectivity index (χ0) is 13.6. The van der Waals surface area contributed by atoms with Crippen molar-refractivity contribution in [3.8, 4) is 6.07 Å². The lowest BCUT2D eigenvalue weighted by Gasteiger charge is -2.55. The number of carbonyl (C=O) groups excluding carboxylic acids is 1. The summed E-state index contributed by atoms with van der Waals surface area (Å²) in [5.74, 6) is -0.312. The van der Waals surface area contributed by atoms with Gasteiger partial charge in [0, 0.05) is 5.54 Å². The lowest BCUT2D eigenvalue weighted by molar-refractivity contribution is -0.158. The second-order valence-corrected chi connectivity index (χ2v) is 6.08. The summed E-state index contributed by atoms with van der Waals surface area (Å²) >= 11 is 6.19. The first-order valence-electron chi connectivity index (χ1n) is 5.81. The molecular formula is C14H15ClN2O. The Labute approximate surface area is 112 Å². The minimum absolute atomic E-state index is 0.312. The molecule has 1 amide bonds. The van der Waals surface area contributed by atoms with Gasteiger partial charge in [-0.1, -0.05) is 41.9 Å². The van der Waals surface area contributed by atoms with E-state index >= 15 is 0 Å². The number of nitrogens with zero attached hydrogens (tertiary/aromatic N) is 2. The summed E-state index contributed by atoms with van der Waals surface area (Å²) in [5, 5.41) is 9.20. The Hall–Kier alpha value is -1.53. The lowest BCUT2D eigenvalue weighted by Crippen LogP contribution is -2.69. The SMILES string of the molecule is CC(C)(C)N1C(=O)[C@](Cl)(C#N)[C@H]1c1ccccc1. The first-order chi connectivity index (χ1) is 8.32. The van der Waals surface area contributed by atoms with E-state index in [-0.39, 0.29) is 11.4 Å². The monoisotopic (exact) mass is 262 g/mol. The predicted octanol–water partition coefficient (Wildman–Crippen LogP) is 2.87. The molecule has 0 unspecified atom stereocenters. The Kier molecular flexibility index (Phi) is 2.87. The fourth-order valence-electron chi connectivity index (χ4n) is 2.34. The number of carbonyl (C=O) groups is 1. The molecule has 3 nitrogen and oxygen atoms in total. The highest BCUT2D eigenvalue weighted by Crippen LogP contribution is 2.50. The summed E-state index contributed by atoms with van der Waals surface area (Å²) in [6.07, 6.45) is 0. The van der Waals surface area contributed by atoms with Gasteiger partial charge in [-0.15, -0.1) is 0 Å². The molecule has 1 aromatic carbocycles. The van der Waals surface area contributed by atoms with Crippen molar-refractivity contribution < 1.29 is 4.79 Å². The molecule has 1 heterocycles.